The smallest absolute Gasteiger partial charge is 0.259 e. The van der Waals surface area contributed by atoms with Gasteiger partial charge < -0.3 is 5.73 Å². The van der Waals surface area contributed by atoms with E-state index < -0.39 is 0 Å². The number of benzene rings is 1. The summed E-state index contributed by atoms with van der Waals surface area (Å²) in [6, 6.07) is 9.97. The average Bonchev–Trinajstić information content (AvgIpc) is 2.65. The summed E-state index contributed by atoms with van der Waals surface area (Å²) in [6.07, 6.45) is 0. The lowest BCUT2D eigenvalue weighted by Gasteiger charge is -2.02. The lowest BCUT2D eigenvalue weighted by molar-refractivity contribution is 0.100. The summed E-state index contributed by atoms with van der Waals surface area (Å²) >= 11 is 1.38. The molecule has 2 nitrogen and oxygen atoms in total. The van der Waals surface area contributed by atoms with Gasteiger partial charge in [0.2, 0.25) is 0 Å². The van der Waals surface area contributed by atoms with E-state index in [1.165, 1.54) is 16.9 Å². The Morgan fingerprint density at radius 1 is 1.33 bits per heavy atom. The summed E-state index contributed by atoms with van der Waals surface area (Å²) in [7, 11) is 0. The fourth-order valence-corrected chi connectivity index (χ4v) is 2.31. The van der Waals surface area contributed by atoms with Crippen LogP contribution >= 0.6 is 11.3 Å². The van der Waals surface area contributed by atoms with Gasteiger partial charge in [-0.05, 0) is 23.9 Å². The molecule has 3 heteroatoms. The highest BCUT2D eigenvalue weighted by Gasteiger charge is 2.10. The van der Waals surface area contributed by atoms with Gasteiger partial charge in [-0.2, -0.15) is 0 Å². The van der Waals surface area contributed by atoms with Crippen LogP contribution in [0.1, 0.15) is 15.2 Å². The Kier molecular flexibility index (Phi) is 2.56. The second kappa shape index (κ2) is 3.87. The van der Waals surface area contributed by atoms with E-state index in [1.807, 2.05) is 36.6 Å². The van der Waals surface area contributed by atoms with Gasteiger partial charge in [-0.3, -0.25) is 4.79 Å². The van der Waals surface area contributed by atoms with Crippen molar-refractivity contribution in [2.24, 2.45) is 5.73 Å². The molecular formula is C12H11NOS. The molecule has 0 atom stereocenters. The van der Waals surface area contributed by atoms with Crippen LogP contribution in [0.15, 0.2) is 35.7 Å². The molecule has 0 aliphatic carbocycles. The first-order valence-electron chi connectivity index (χ1n) is 4.63. The lowest BCUT2D eigenvalue weighted by Crippen LogP contribution is -2.09. The third kappa shape index (κ3) is 1.92. The summed E-state index contributed by atoms with van der Waals surface area (Å²) in [5.74, 6) is -0.360. The molecule has 2 N–H and O–H groups in total. The van der Waals surface area contributed by atoms with E-state index in [2.05, 4.69) is 6.07 Å². The normalized spacial score (nSPS) is 10.2. The maximum atomic E-state index is 11.2. The van der Waals surface area contributed by atoms with E-state index >= 15 is 0 Å². The predicted octanol–water partition coefficient (Wildman–Crippen LogP) is 2.82. The van der Waals surface area contributed by atoms with Crippen molar-refractivity contribution >= 4 is 17.2 Å². The molecule has 0 saturated carbocycles. The first-order chi connectivity index (χ1) is 7.18. The van der Waals surface area contributed by atoms with Crippen LogP contribution in [0.3, 0.4) is 0 Å². The number of nitrogens with two attached hydrogens (primary N) is 1. The summed E-state index contributed by atoms with van der Waals surface area (Å²) in [6.45, 7) is 2.03. The molecule has 0 bridgehead atoms. The molecule has 0 spiro atoms. The zero-order valence-corrected chi connectivity index (χ0v) is 9.17. The Morgan fingerprint density at radius 2 is 2.13 bits per heavy atom. The van der Waals surface area contributed by atoms with E-state index in [0.29, 0.717) is 4.88 Å². The molecular weight excluding hydrogens is 206 g/mol. The molecule has 15 heavy (non-hydrogen) atoms. The second-order valence-corrected chi connectivity index (χ2v) is 4.31. The fourth-order valence-electron chi connectivity index (χ4n) is 1.54. The number of carbonyl (C=O) groups excluding carboxylic acids is 1. The zero-order valence-electron chi connectivity index (χ0n) is 8.36. The molecule has 0 aliphatic rings. The van der Waals surface area contributed by atoms with Crippen molar-refractivity contribution in [3.8, 4) is 11.1 Å². The number of aryl methyl sites for hydroxylation is 1. The van der Waals surface area contributed by atoms with Gasteiger partial charge in [-0.1, -0.05) is 29.8 Å². The number of thiophene rings is 1. The molecule has 0 saturated heterocycles. The molecule has 2 aromatic rings. The van der Waals surface area contributed by atoms with E-state index in [0.717, 1.165) is 11.1 Å². The summed E-state index contributed by atoms with van der Waals surface area (Å²) in [5, 5.41) is 1.89. The van der Waals surface area contributed by atoms with Crippen molar-refractivity contribution in [1.82, 2.24) is 0 Å². The monoisotopic (exact) mass is 217 g/mol. The number of carbonyl (C=O) groups is 1. The van der Waals surface area contributed by atoms with Crippen LogP contribution in [0.2, 0.25) is 0 Å². The molecule has 0 radical (unpaired) electrons. The Morgan fingerprint density at radius 3 is 2.80 bits per heavy atom. The number of amides is 1. The molecule has 1 aromatic heterocycles. The van der Waals surface area contributed by atoms with Crippen molar-refractivity contribution in [2.45, 2.75) is 6.92 Å². The first-order valence-corrected chi connectivity index (χ1v) is 5.51. The van der Waals surface area contributed by atoms with Crippen molar-refractivity contribution in [2.75, 3.05) is 0 Å². The minimum Gasteiger partial charge on any atom is -0.365 e. The Bertz CT molecular complexity index is 502. The van der Waals surface area contributed by atoms with Crippen LogP contribution in [0.25, 0.3) is 11.1 Å². The zero-order chi connectivity index (χ0) is 10.8. The molecule has 1 amide bonds. The first kappa shape index (κ1) is 9.93. The minimum atomic E-state index is -0.360. The SMILES string of the molecule is Cc1cccc(-c2ccsc2C(N)=O)c1. The van der Waals surface area contributed by atoms with Gasteiger partial charge in [-0.25, -0.2) is 0 Å². The van der Waals surface area contributed by atoms with Crippen LogP contribution in [0, 0.1) is 6.92 Å². The lowest BCUT2D eigenvalue weighted by atomic mass is 10.0. The minimum absolute atomic E-state index is 0.360. The van der Waals surface area contributed by atoms with Crippen molar-refractivity contribution in [3.63, 3.8) is 0 Å². The molecule has 0 aliphatic heterocycles. The van der Waals surface area contributed by atoms with E-state index in [9.17, 15) is 4.79 Å². The van der Waals surface area contributed by atoms with Crippen molar-refractivity contribution < 1.29 is 4.79 Å². The topological polar surface area (TPSA) is 43.1 Å². The highest BCUT2D eigenvalue weighted by molar-refractivity contribution is 7.12. The van der Waals surface area contributed by atoms with Crippen LogP contribution in [-0.2, 0) is 0 Å². The van der Waals surface area contributed by atoms with Gasteiger partial charge in [0.1, 0.15) is 0 Å². The number of primary amides is 1. The Hall–Kier alpha value is -1.61. The van der Waals surface area contributed by atoms with Gasteiger partial charge in [0, 0.05) is 5.56 Å². The molecule has 0 fully saturated rings. The third-order valence-electron chi connectivity index (χ3n) is 2.22. The predicted molar refractivity (Wildman–Crippen MR) is 63.0 cm³/mol. The highest BCUT2D eigenvalue weighted by atomic mass is 32.1. The van der Waals surface area contributed by atoms with Gasteiger partial charge in [0.25, 0.3) is 5.91 Å². The second-order valence-electron chi connectivity index (χ2n) is 3.40. The van der Waals surface area contributed by atoms with Gasteiger partial charge in [0.05, 0.1) is 4.88 Å². The maximum absolute atomic E-state index is 11.2. The van der Waals surface area contributed by atoms with E-state index in [-0.39, 0.29) is 5.91 Å². The van der Waals surface area contributed by atoms with E-state index in [1.54, 1.807) is 0 Å². The van der Waals surface area contributed by atoms with Crippen molar-refractivity contribution in [3.05, 3.63) is 46.2 Å². The largest absolute Gasteiger partial charge is 0.365 e. The van der Waals surface area contributed by atoms with Crippen LogP contribution < -0.4 is 5.73 Å². The summed E-state index contributed by atoms with van der Waals surface area (Å²) in [4.78, 5) is 11.8. The fraction of sp³-hybridized carbons (Fsp3) is 0.0833. The molecule has 0 unspecified atom stereocenters. The number of hydrogen-bond donors (Lipinski definition) is 1. The van der Waals surface area contributed by atoms with Crippen LogP contribution in [0.4, 0.5) is 0 Å². The third-order valence-corrected chi connectivity index (χ3v) is 3.15. The van der Waals surface area contributed by atoms with Gasteiger partial charge in [-0.15, -0.1) is 11.3 Å². The summed E-state index contributed by atoms with van der Waals surface area (Å²) < 4.78 is 0. The molecule has 76 valence electrons. The standard InChI is InChI=1S/C12H11NOS/c1-8-3-2-4-9(7-8)10-5-6-15-11(10)12(13)14/h2-7H,1H3,(H2,13,14). The summed E-state index contributed by atoms with van der Waals surface area (Å²) in [5.41, 5.74) is 8.45. The molecule has 1 aromatic carbocycles. The molecule has 2 rings (SSSR count). The maximum Gasteiger partial charge on any atom is 0.259 e. The van der Waals surface area contributed by atoms with Crippen molar-refractivity contribution in [1.29, 1.82) is 0 Å². The van der Waals surface area contributed by atoms with Crippen LogP contribution in [0.5, 0.6) is 0 Å². The number of rotatable bonds is 2. The van der Waals surface area contributed by atoms with Crippen LogP contribution in [-0.4, -0.2) is 5.91 Å². The van der Waals surface area contributed by atoms with Gasteiger partial charge >= 0.3 is 0 Å². The quantitative estimate of drug-likeness (QED) is 0.825. The van der Waals surface area contributed by atoms with Gasteiger partial charge in [0.15, 0.2) is 0 Å². The Balaban J connectivity index is 2.54. The highest BCUT2D eigenvalue weighted by Crippen LogP contribution is 2.28. The Labute approximate surface area is 92.4 Å². The average molecular weight is 217 g/mol. The molecule has 1 heterocycles. The number of hydrogen-bond acceptors (Lipinski definition) is 2. The van der Waals surface area contributed by atoms with E-state index in [4.69, 9.17) is 5.73 Å².